The topological polar surface area (TPSA) is 47.0 Å². The maximum Gasteiger partial charge on any atom is 0.255 e. The normalized spacial score (nSPS) is 10.2. The van der Waals surface area contributed by atoms with E-state index >= 15 is 0 Å². The number of alkyl halides is 2. The van der Waals surface area contributed by atoms with Gasteiger partial charge in [-0.3, -0.25) is 4.98 Å². The van der Waals surface area contributed by atoms with Crippen molar-refractivity contribution in [2.24, 2.45) is 0 Å². The molecule has 0 fully saturated rings. The largest absolute Gasteiger partial charge is 0.480 e. The predicted octanol–water partition coefficient (Wildman–Crippen LogP) is 1.16. The summed E-state index contributed by atoms with van der Waals surface area (Å²) in [5.74, 6) is 0.568. The van der Waals surface area contributed by atoms with Crippen molar-refractivity contribution in [2.45, 2.75) is 6.43 Å². The van der Waals surface area contributed by atoms with Crippen molar-refractivity contribution in [3.63, 3.8) is 0 Å². The van der Waals surface area contributed by atoms with E-state index in [9.17, 15) is 8.78 Å². The summed E-state index contributed by atoms with van der Waals surface area (Å²) >= 11 is 0. The summed E-state index contributed by atoms with van der Waals surface area (Å²) in [4.78, 5) is 7.57. The van der Waals surface area contributed by atoms with E-state index in [0.29, 0.717) is 5.88 Å². The Hall–Kier alpha value is -1.46. The molecule has 0 aliphatic heterocycles. The average Bonchev–Trinajstić information content (AvgIpc) is 2.15. The molecule has 0 saturated heterocycles. The smallest absolute Gasteiger partial charge is 0.255 e. The van der Waals surface area contributed by atoms with Crippen LogP contribution in [0.1, 0.15) is 0 Å². The number of hydrogen-bond donors (Lipinski definition) is 1. The Kier molecular flexibility index (Phi) is 3.36. The standard InChI is InChI=1S/C7H9F2N3O/c1-13-7-4-10-3-6(12-7)11-2-5(8)9/h3-5H,2H2,1H3,(H,11,12). The second kappa shape index (κ2) is 4.54. The van der Waals surface area contributed by atoms with Crippen LogP contribution in [0.3, 0.4) is 0 Å². The quantitative estimate of drug-likeness (QED) is 0.772. The molecule has 0 aliphatic carbocycles. The maximum absolute atomic E-state index is 11.8. The molecule has 1 aromatic heterocycles. The summed E-state index contributed by atoms with van der Waals surface area (Å²) in [6, 6.07) is 0. The molecule has 0 aromatic carbocycles. The zero-order valence-electron chi connectivity index (χ0n) is 7.00. The molecular formula is C7H9F2N3O. The van der Waals surface area contributed by atoms with E-state index in [1.165, 1.54) is 19.5 Å². The van der Waals surface area contributed by atoms with Gasteiger partial charge < -0.3 is 10.1 Å². The van der Waals surface area contributed by atoms with Crippen LogP contribution in [0.4, 0.5) is 14.6 Å². The number of rotatable bonds is 4. The van der Waals surface area contributed by atoms with Gasteiger partial charge in [-0.1, -0.05) is 0 Å². The first-order chi connectivity index (χ1) is 6.22. The molecule has 0 spiro atoms. The minimum Gasteiger partial charge on any atom is -0.480 e. The molecule has 0 aliphatic rings. The van der Waals surface area contributed by atoms with Crippen LogP contribution in [-0.2, 0) is 0 Å². The summed E-state index contributed by atoms with van der Waals surface area (Å²) < 4.78 is 28.3. The Morgan fingerprint density at radius 2 is 2.31 bits per heavy atom. The Balaban J connectivity index is 2.56. The molecule has 13 heavy (non-hydrogen) atoms. The van der Waals surface area contributed by atoms with E-state index in [4.69, 9.17) is 4.74 Å². The van der Waals surface area contributed by atoms with Crippen LogP contribution in [-0.4, -0.2) is 30.0 Å². The van der Waals surface area contributed by atoms with Crippen molar-refractivity contribution in [1.29, 1.82) is 0 Å². The van der Waals surface area contributed by atoms with E-state index in [1.54, 1.807) is 0 Å². The van der Waals surface area contributed by atoms with Crippen molar-refractivity contribution >= 4 is 5.82 Å². The zero-order chi connectivity index (χ0) is 9.68. The predicted molar refractivity (Wildman–Crippen MR) is 43.1 cm³/mol. The van der Waals surface area contributed by atoms with Gasteiger partial charge in [0.05, 0.1) is 26.0 Å². The number of hydrogen-bond acceptors (Lipinski definition) is 4. The van der Waals surface area contributed by atoms with Gasteiger partial charge in [0.25, 0.3) is 6.43 Å². The van der Waals surface area contributed by atoms with E-state index in [2.05, 4.69) is 15.3 Å². The van der Waals surface area contributed by atoms with Crippen molar-refractivity contribution < 1.29 is 13.5 Å². The molecule has 0 amide bonds. The molecule has 4 nitrogen and oxygen atoms in total. The van der Waals surface area contributed by atoms with Gasteiger partial charge in [0.1, 0.15) is 5.82 Å². The zero-order valence-corrected chi connectivity index (χ0v) is 7.00. The first kappa shape index (κ1) is 9.63. The fraction of sp³-hybridized carbons (Fsp3) is 0.429. The number of methoxy groups -OCH3 is 1. The average molecular weight is 189 g/mol. The van der Waals surface area contributed by atoms with Gasteiger partial charge in [-0.15, -0.1) is 0 Å². The highest BCUT2D eigenvalue weighted by molar-refractivity contribution is 5.33. The Labute approximate surface area is 74.0 Å². The van der Waals surface area contributed by atoms with Crippen molar-refractivity contribution in [3.05, 3.63) is 12.4 Å². The number of ether oxygens (including phenoxy) is 1. The van der Waals surface area contributed by atoms with Gasteiger partial charge in [-0.2, -0.15) is 4.98 Å². The summed E-state index contributed by atoms with van der Waals surface area (Å²) in [5, 5.41) is 2.42. The summed E-state index contributed by atoms with van der Waals surface area (Å²) in [6.07, 6.45) is 0.339. The first-order valence-corrected chi connectivity index (χ1v) is 3.60. The molecular weight excluding hydrogens is 180 g/mol. The van der Waals surface area contributed by atoms with Gasteiger partial charge in [-0.25, -0.2) is 8.78 Å². The van der Waals surface area contributed by atoms with Crippen LogP contribution in [0.25, 0.3) is 0 Å². The highest BCUT2D eigenvalue weighted by Gasteiger charge is 2.03. The number of aromatic nitrogens is 2. The molecule has 0 radical (unpaired) electrons. The summed E-state index contributed by atoms with van der Waals surface area (Å²) in [5.41, 5.74) is 0. The highest BCUT2D eigenvalue weighted by atomic mass is 19.3. The van der Waals surface area contributed by atoms with E-state index in [1.807, 2.05) is 0 Å². The Bertz CT molecular complexity index is 270. The molecule has 1 rings (SSSR count). The molecule has 0 saturated carbocycles. The number of nitrogens with zero attached hydrogens (tertiary/aromatic N) is 2. The van der Waals surface area contributed by atoms with Gasteiger partial charge in [0, 0.05) is 0 Å². The monoisotopic (exact) mass is 189 g/mol. The van der Waals surface area contributed by atoms with Crippen LogP contribution in [0, 0.1) is 0 Å². The van der Waals surface area contributed by atoms with Gasteiger partial charge >= 0.3 is 0 Å². The SMILES string of the molecule is COc1cncc(NCC(F)F)n1. The van der Waals surface area contributed by atoms with E-state index < -0.39 is 13.0 Å². The van der Waals surface area contributed by atoms with Crippen LogP contribution < -0.4 is 10.1 Å². The van der Waals surface area contributed by atoms with E-state index in [0.717, 1.165) is 0 Å². The third-order valence-corrected chi connectivity index (χ3v) is 1.26. The number of nitrogens with one attached hydrogen (secondary N) is 1. The number of anilines is 1. The molecule has 1 N–H and O–H groups in total. The molecule has 0 bridgehead atoms. The third-order valence-electron chi connectivity index (χ3n) is 1.26. The minimum atomic E-state index is -2.41. The first-order valence-electron chi connectivity index (χ1n) is 3.60. The lowest BCUT2D eigenvalue weighted by molar-refractivity contribution is 0.163. The van der Waals surface area contributed by atoms with Crippen LogP contribution in [0.2, 0.25) is 0 Å². The Morgan fingerprint density at radius 3 is 2.92 bits per heavy atom. The highest BCUT2D eigenvalue weighted by Crippen LogP contribution is 2.08. The Morgan fingerprint density at radius 1 is 1.54 bits per heavy atom. The minimum absolute atomic E-state index is 0.277. The van der Waals surface area contributed by atoms with Gasteiger partial charge in [0.2, 0.25) is 5.88 Å². The summed E-state index contributed by atoms with van der Waals surface area (Å²) in [6.45, 7) is -0.443. The second-order valence-electron chi connectivity index (χ2n) is 2.22. The van der Waals surface area contributed by atoms with Crippen LogP contribution >= 0.6 is 0 Å². The van der Waals surface area contributed by atoms with Crippen LogP contribution in [0.5, 0.6) is 5.88 Å². The molecule has 0 atom stereocenters. The number of halogens is 2. The van der Waals surface area contributed by atoms with Gasteiger partial charge in [-0.05, 0) is 0 Å². The third kappa shape index (κ3) is 3.18. The maximum atomic E-state index is 11.8. The van der Waals surface area contributed by atoms with Crippen molar-refractivity contribution in [2.75, 3.05) is 19.0 Å². The van der Waals surface area contributed by atoms with Crippen LogP contribution in [0.15, 0.2) is 12.4 Å². The van der Waals surface area contributed by atoms with E-state index in [-0.39, 0.29) is 5.82 Å². The second-order valence-corrected chi connectivity index (χ2v) is 2.22. The van der Waals surface area contributed by atoms with Crippen molar-refractivity contribution in [3.8, 4) is 5.88 Å². The molecule has 6 heteroatoms. The fourth-order valence-corrected chi connectivity index (χ4v) is 0.713. The molecule has 0 unspecified atom stereocenters. The molecule has 1 aromatic rings. The van der Waals surface area contributed by atoms with Crippen molar-refractivity contribution in [1.82, 2.24) is 9.97 Å². The lowest BCUT2D eigenvalue weighted by Gasteiger charge is -2.04. The fourth-order valence-electron chi connectivity index (χ4n) is 0.713. The molecule has 72 valence electrons. The van der Waals surface area contributed by atoms with Gasteiger partial charge in [0.15, 0.2) is 0 Å². The molecule has 1 heterocycles. The lowest BCUT2D eigenvalue weighted by atomic mass is 10.6. The summed E-state index contributed by atoms with van der Waals surface area (Å²) in [7, 11) is 1.43. The lowest BCUT2D eigenvalue weighted by Crippen LogP contribution is -2.11.